The molecule has 0 aromatic heterocycles. The van der Waals surface area contributed by atoms with Crippen molar-refractivity contribution in [3.05, 3.63) is 29.8 Å². The van der Waals surface area contributed by atoms with Crippen LogP contribution in [0.25, 0.3) is 0 Å². The number of ether oxygens (including phenoxy) is 1. The van der Waals surface area contributed by atoms with Gasteiger partial charge in [-0.3, -0.25) is 0 Å². The van der Waals surface area contributed by atoms with E-state index >= 15 is 0 Å². The van der Waals surface area contributed by atoms with Crippen molar-refractivity contribution in [1.82, 2.24) is 10.6 Å². The van der Waals surface area contributed by atoms with E-state index in [1.54, 1.807) is 18.2 Å². The first-order valence-electron chi connectivity index (χ1n) is 7.77. The molecule has 2 rings (SSSR count). The molecule has 7 heteroatoms. The number of hydrogen-bond acceptors (Lipinski definition) is 2. The Morgan fingerprint density at radius 1 is 1.26 bits per heavy atom. The van der Waals surface area contributed by atoms with E-state index in [0.717, 1.165) is 13.1 Å². The normalized spacial score (nSPS) is 15.4. The molecule has 0 saturated heterocycles. The second-order valence-corrected chi connectivity index (χ2v) is 5.53. The lowest BCUT2D eigenvalue weighted by Crippen LogP contribution is -2.38. The average molecular weight is 329 g/mol. The van der Waals surface area contributed by atoms with Gasteiger partial charge in [0, 0.05) is 18.7 Å². The molecular formula is C16H22F3N3O. The van der Waals surface area contributed by atoms with Crippen LogP contribution in [-0.2, 0) is 6.54 Å². The highest BCUT2D eigenvalue weighted by Crippen LogP contribution is 2.27. The van der Waals surface area contributed by atoms with Crippen molar-refractivity contribution in [3.63, 3.8) is 0 Å². The van der Waals surface area contributed by atoms with Gasteiger partial charge < -0.3 is 15.4 Å². The monoisotopic (exact) mass is 329 g/mol. The largest absolute Gasteiger partial charge is 0.484 e. The SMILES string of the molecule is CCNC(=NCc1ccccc1OCC(F)(F)F)NCC1CC1. The van der Waals surface area contributed by atoms with Crippen LogP contribution >= 0.6 is 0 Å². The van der Waals surface area contributed by atoms with Crippen LogP contribution in [0.5, 0.6) is 5.75 Å². The van der Waals surface area contributed by atoms with E-state index in [4.69, 9.17) is 4.74 Å². The molecule has 0 radical (unpaired) electrons. The summed E-state index contributed by atoms with van der Waals surface area (Å²) in [7, 11) is 0. The Bertz CT molecular complexity index is 528. The molecule has 0 bridgehead atoms. The second kappa shape index (κ2) is 8.08. The number of nitrogens with zero attached hydrogens (tertiary/aromatic N) is 1. The Balaban J connectivity index is 1.97. The fourth-order valence-corrected chi connectivity index (χ4v) is 2.00. The van der Waals surface area contributed by atoms with Crippen molar-refractivity contribution in [2.75, 3.05) is 19.7 Å². The lowest BCUT2D eigenvalue weighted by atomic mass is 10.2. The van der Waals surface area contributed by atoms with Gasteiger partial charge in [-0.2, -0.15) is 13.2 Å². The lowest BCUT2D eigenvalue weighted by Gasteiger charge is -2.13. The molecular weight excluding hydrogens is 307 g/mol. The number of para-hydroxylation sites is 1. The van der Waals surface area contributed by atoms with Crippen LogP contribution in [0.3, 0.4) is 0 Å². The predicted molar refractivity (Wildman–Crippen MR) is 83.5 cm³/mol. The minimum Gasteiger partial charge on any atom is -0.484 e. The summed E-state index contributed by atoms with van der Waals surface area (Å²) in [6.07, 6.45) is -1.88. The number of alkyl halides is 3. The first-order valence-corrected chi connectivity index (χ1v) is 7.77. The third kappa shape index (κ3) is 6.80. The molecule has 4 nitrogen and oxygen atoms in total. The Labute approximate surface area is 134 Å². The minimum absolute atomic E-state index is 0.214. The summed E-state index contributed by atoms with van der Waals surface area (Å²) in [5.74, 6) is 1.60. The Hall–Kier alpha value is -1.92. The summed E-state index contributed by atoms with van der Waals surface area (Å²) in [5, 5.41) is 6.38. The molecule has 23 heavy (non-hydrogen) atoms. The van der Waals surface area contributed by atoms with Crippen molar-refractivity contribution in [1.29, 1.82) is 0 Å². The topological polar surface area (TPSA) is 45.7 Å². The summed E-state index contributed by atoms with van der Waals surface area (Å²) in [6.45, 7) is 2.53. The highest BCUT2D eigenvalue weighted by Gasteiger charge is 2.28. The smallest absolute Gasteiger partial charge is 0.422 e. The van der Waals surface area contributed by atoms with Crippen molar-refractivity contribution in [2.45, 2.75) is 32.5 Å². The molecule has 1 saturated carbocycles. The van der Waals surface area contributed by atoms with E-state index in [9.17, 15) is 13.2 Å². The van der Waals surface area contributed by atoms with Gasteiger partial charge >= 0.3 is 6.18 Å². The van der Waals surface area contributed by atoms with E-state index < -0.39 is 12.8 Å². The fraction of sp³-hybridized carbons (Fsp3) is 0.562. The molecule has 1 aliphatic rings. The quantitative estimate of drug-likeness (QED) is 0.597. The molecule has 1 aliphatic carbocycles. The molecule has 128 valence electrons. The summed E-state index contributed by atoms with van der Waals surface area (Å²) in [5.41, 5.74) is 0.625. The van der Waals surface area contributed by atoms with Crippen LogP contribution in [0.4, 0.5) is 13.2 Å². The van der Waals surface area contributed by atoms with Gasteiger partial charge in [0.25, 0.3) is 0 Å². The molecule has 1 aromatic carbocycles. The average Bonchev–Trinajstić information content (AvgIpc) is 3.32. The molecule has 2 N–H and O–H groups in total. The third-order valence-electron chi connectivity index (χ3n) is 3.37. The van der Waals surface area contributed by atoms with Gasteiger partial charge in [0.2, 0.25) is 0 Å². The fourth-order valence-electron chi connectivity index (χ4n) is 2.00. The van der Waals surface area contributed by atoms with Gasteiger partial charge in [0.15, 0.2) is 12.6 Å². The van der Waals surface area contributed by atoms with E-state index in [2.05, 4.69) is 15.6 Å². The zero-order valence-electron chi connectivity index (χ0n) is 13.1. The standard InChI is InChI=1S/C16H22F3N3O/c1-2-20-15(21-9-12-7-8-12)22-10-13-5-3-4-6-14(13)23-11-16(17,18)19/h3-6,12H,2,7-11H2,1H3,(H2,20,21,22). The number of nitrogens with one attached hydrogen (secondary N) is 2. The number of hydrogen-bond donors (Lipinski definition) is 2. The highest BCUT2D eigenvalue weighted by molar-refractivity contribution is 5.79. The van der Waals surface area contributed by atoms with Crippen molar-refractivity contribution >= 4 is 5.96 Å². The molecule has 0 aliphatic heterocycles. The summed E-state index contributed by atoms with van der Waals surface area (Å²) < 4.78 is 41.8. The molecule has 0 atom stereocenters. The van der Waals surface area contributed by atoms with Gasteiger partial charge in [-0.25, -0.2) is 4.99 Å². The number of aliphatic imine (C=N–C) groups is 1. The van der Waals surface area contributed by atoms with Crippen LogP contribution in [0, 0.1) is 5.92 Å². The first-order chi connectivity index (χ1) is 11.0. The van der Waals surface area contributed by atoms with Crippen LogP contribution in [0.15, 0.2) is 29.3 Å². The molecule has 0 heterocycles. The predicted octanol–water partition coefficient (Wildman–Crippen LogP) is 3.09. The molecule has 0 unspecified atom stereocenters. The second-order valence-electron chi connectivity index (χ2n) is 5.53. The van der Waals surface area contributed by atoms with Crippen LogP contribution in [0.1, 0.15) is 25.3 Å². The summed E-state index contributed by atoms with van der Waals surface area (Å²) in [4.78, 5) is 4.42. The Morgan fingerprint density at radius 2 is 2.00 bits per heavy atom. The van der Waals surface area contributed by atoms with E-state index in [-0.39, 0.29) is 12.3 Å². The maximum absolute atomic E-state index is 12.3. The molecule has 0 spiro atoms. The van der Waals surface area contributed by atoms with Crippen molar-refractivity contribution < 1.29 is 17.9 Å². The van der Waals surface area contributed by atoms with Crippen LogP contribution in [-0.4, -0.2) is 31.8 Å². The number of rotatable bonds is 7. The first kappa shape index (κ1) is 17.4. The maximum Gasteiger partial charge on any atom is 0.422 e. The minimum atomic E-state index is -4.35. The number of halogens is 3. The number of benzene rings is 1. The van der Waals surface area contributed by atoms with Crippen molar-refractivity contribution in [3.8, 4) is 5.75 Å². The molecule has 0 amide bonds. The van der Waals surface area contributed by atoms with Gasteiger partial charge in [0.05, 0.1) is 6.54 Å². The molecule has 1 fully saturated rings. The van der Waals surface area contributed by atoms with E-state index in [1.165, 1.54) is 18.9 Å². The highest BCUT2D eigenvalue weighted by atomic mass is 19.4. The van der Waals surface area contributed by atoms with Gasteiger partial charge in [-0.1, -0.05) is 18.2 Å². The van der Waals surface area contributed by atoms with Gasteiger partial charge in [-0.15, -0.1) is 0 Å². The van der Waals surface area contributed by atoms with Gasteiger partial charge in [0.1, 0.15) is 5.75 Å². The summed E-state index contributed by atoms with van der Waals surface area (Å²) in [6, 6.07) is 6.66. The van der Waals surface area contributed by atoms with E-state index in [0.29, 0.717) is 17.4 Å². The van der Waals surface area contributed by atoms with Gasteiger partial charge in [-0.05, 0) is 31.7 Å². The maximum atomic E-state index is 12.3. The van der Waals surface area contributed by atoms with Crippen molar-refractivity contribution in [2.24, 2.45) is 10.9 Å². The lowest BCUT2D eigenvalue weighted by molar-refractivity contribution is -0.153. The number of guanidine groups is 1. The molecule has 1 aromatic rings. The third-order valence-corrected chi connectivity index (χ3v) is 3.37. The Kier molecular flexibility index (Phi) is 6.12. The van der Waals surface area contributed by atoms with Crippen LogP contribution < -0.4 is 15.4 Å². The zero-order chi connectivity index (χ0) is 16.7. The Morgan fingerprint density at radius 3 is 2.65 bits per heavy atom. The summed E-state index contributed by atoms with van der Waals surface area (Å²) >= 11 is 0. The van der Waals surface area contributed by atoms with Crippen LogP contribution in [0.2, 0.25) is 0 Å². The van der Waals surface area contributed by atoms with E-state index in [1.807, 2.05) is 6.92 Å². The zero-order valence-corrected chi connectivity index (χ0v) is 13.1.